The topological polar surface area (TPSA) is 66.8 Å². The quantitative estimate of drug-likeness (QED) is 0.503. The number of rotatable bonds is 10. The first-order valence-corrected chi connectivity index (χ1v) is 10.7. The van der Waals surface area contributed by atoms with Crippen molar-refractivity contribution in [3.05, 3.63) is 102 Å². The van der Waals surface area contributed by atoms with Crippen LogP contribution in [0.4, 0.5) is 0 Å². The number of carbonyl (C=O) groups is 2. The zero-order valence-corrected chi connectivity index (χ0v) is 18.5. The third kappa shape index (κ3) is 5.97. The van der Waals surface area contributed by atoms with Crippen LogP contribution in [0.1, 0.15) is 35.4 Å². The standard InChI is InChI=1S/C27H29NO4/c1-28(25(27(30)31)19-20-13-15-23(32-2)16-14-20)26(29)18-17-24(21-9-5-3-6-10-21)22-11-7-4-8-12-22/h3-16,24-25H,17-19H2,1-2H3,(H,30,31). The molecule has 0 fully saturated rings. The van der Waals surface area contributed by atoms with Gasteiger partial charge < -0.3 is 14.7 Å². The molecule has 3 rings (SSSR count). The predicted octanol–water partition coefficient (Wildman–Crippen LogP) is 4.76. The first-order valence-electron chi connectivity index (χ1n) is 10.7. The molecular formula is C27H29NO4. The van der Waals surface area contributed by atoms with Gasteiger partial charge in [0.05, 0.1) is 7.11 Å². The summed E-state index contributed by atoms with van der Waals surface area (Å²) < 4.78 is 5.15. The number of carboxylic acid groups (broad SMARTS) is 1. The number of carboxylic acids is 1. The molecule has 0 radical (unpaired) electrons. The summed E-state index contributed by atoms with van der Waals surface area (Å²) in [5, 5.41) is 9.77. The van der Waals surface area contributed by atoms with E-state index >= 15 is 0 Å². The fourth-order valence-electron chi connectivity index (χ4n) is 3.89. The van der Waals surface area contributed by atoms with Crippen molar-refractivity contribution in [3.63, 3.8) is 0 Å². The summed E-state index contributed by atoms with van der Waals surface area (Å²) in [6, 6.07) is 26.5. The first-order chi connectivity index (χ1) is 15.5. The van der Waals surface area contributed by atoms with Crippen LogP contribution in [0.15, 0.2) is 84.9 Å². The Hall–Kier alpha value is -3.60. The summed E-state index contributed by atoms with van der Waals surface area (Å²) in [6.07, 6.45) is 1.10. The lowest BCUT2D eigenvalue weighted by Gasteiger charge is -2.26. The summed E-state index contributed by atoms with van der Waals surface area (Å²) >= 11 is 0. The zero-order valence-electron chi connectivity index (χ0n) is 18.5. The molecule has 5 heteroatoms. The van der Waals surface area contributed by atoms with Crippen LogP contribution in [0, 0.1) is 0 Å². The summed E-state index contributed by atoms with van der Waals surface area (Å²) in [6.45, 7) is 0. The van der Waals surface area contributed by atoms with Gasteiger partial charge in [-0.3, -0.25) is 4.79 Å². The highest BCUT2D eigenvalue weighted by Gasteiger charge is 2.27. The molecule has 32 heavy (non-hydrogen) atoms. The number of carbonyl (C=O) groups excluding carboxylic acids is 1. The summed E-state index contributed by atoms with van der Waals surface area (Å²) in [5.74, 6) is -0.417. The van der Waals surface area contributed by atoms with Crippen molar-refractivity contribution in [1.29, 1.82) is 0 Å². The fourth-order valence-corrected chi connectivity index (χ4v) is 3.89. The van der Waals surface area contributed by atoms with E-state index in [0.29, 0.717) is 12.2 Å². The second-order valence-electron chi connectivity index (χ2n) is 7.82. The molecule has 0 heterocycles. The molecule has 0 aliphatic rings. The minimum absolute atomic E-state index is 0.0691. The van der Waals surface area contributed by atoms with Crippen LogP contribution >= 0.6 is 0 Å². The van der Waals surface area contributed by atoms with E-state index in [1.54, 1.807) is 26.3 Å². The van der Waals surface area contributed by atoms with E-state index < -0.39 is 12.0 Å². The summed E-state index contributed by atoms with van der Waals surface area (Å²) in [4.78, 5) is 26.3. The lowest BCUT2D eigenvalue weighted by atomic mass is 9.87. The van der Waals surface area contributed by atoms with Crippen LogP contribution < -0.4 is 4.74 Å². The number of hydrogen-bond donors (Lipinski definition) is 1. The number of nitrogens with zero attached hydrogens (tertiary/aromatic N) is 1. The van der Waals surface area contributed by atoms with Gasteiger partial charge in [0.15, 0.2) is 0 Å². The Morgan fingerprint density at radius 3 is 1.88 bits per heavy atom. The van der Waals surface area contributed by atoms with Gasteiger partial charge in [0.2, 0.25) is 5.91 Å². The number of methoxy groups -OCH3 is 1. The van der Waals surface area contributed by atoms with Crippen LogP contribution in [0.2, 0.25) is 0 Å². The number of ether oxygens (including phenoxy) is 1. The highest BCUT2D eigenvalue weighted by atomic mass is 16.5. The molecule has 0 aliphatic carbocycles. The van der Waals surface area contributed by atoms with Crippen LogP contribution in [0.3, 0.4) is 0 Å². The number of benzene rings is 3. The van der Waals surface area contributed by atoms with Crippen molar-refractivity contribution in [1.82, 2.24) is 4.90 Å². The number of likely N-dealkylation sites (N-methyl/N-ethyl adjacent to an activating group) is 1. The molecule has 0 aliphatic heterocycles. The van der Waals surface area contributed by atoms with Gasteiger partial charge in [-0.05, 0) is 35.2 Å². The van der Waals surface area contributed by atoms with Crippen LogP contribution in [-0.4, -0.2) is 42.1 Å². The van der Waals surface area contributed by atoms with Crippen molar-refractivity contribution in [2.45, 2.75) is 31.2 Å². The van der Waals surface area contributed by atoms with E-state index in [4.69, 9.17) is 4.74 Å². The smallest absolute Gasteiger partial charge is 0.326 e. The average molecular weight is 432 g/mol. The molecule has 3 aromatic rings. The van der Waals surface area contributed by atoms with E-state index in [0.717, 1.165) is 16.7 Å². The lowest BCUT2D eigenvalue weighted by molar-refractivity contribution is -0.149. The van der Waals surface area contributed by atoms with E-state index in [1.165, 1.54) is 4.90 Å². The van der Waals surface area contributed by atoms with Gasteiger partial charge in [0.25, 0.3) is 0 Å². The van der Waals surface area contributed by atoms with Crippen LogP contribution in [0.5, 0.6) is 5.75 Å². The molecule has 0 saturated carbocycles. The Morgan fingerprint density at radius 2 is 1.41 bits per heavy atom. The normalized spacial score (nSPS) is 11.7. The molecule has 1 N–H and O–H groups in total. The van der Waals surface area contributed by atoms with Crippen LogP contribution in [-0.2, 0) is 16.0 Å². The van der Waals surface area contributed by atoms with Crippen molar-refractivity contribution in [2.75, 3.05) is 14.2 Å². The van der Waals surface area contributed by atoms with Crippen molar-refractivity contribution in [2.24, 2.45) is 0 Å². The fraction of sp³-hybridized carbons (Fsp3) is 0.259. The van der Waals surface area contributed by atoms with E-state index in [-0.39, 0.29) is 24.7 Å². The third-order valence-corrected chi connectivity index (χ3v) is 5.78. The van der Waals surface area contributed by atoms with Crippen molar-refractivity contribution >= 4 is 11.9 Å². The van der Waals surface area contributed by atoms with E-state index in [1.807, 2.05) is 48.5 Å². The van der Waals surface area contributed by atoms with Gasteiger partial charge in [0.1, 0.15) is 11.8 Å². The first kappa shape index (κ1) is 23.1. The van der Waals surface area contributed by atoms with Crippen molar-refractivity contribution < 1.29 is 19.4 Å². The Balaban J connectivity index is 1.70. The number of hydrogen-bond acceptors (Lipinski definition) is 3. The number of amides is 1. The molecule has 0 bridgehead atoms. The molecule has 3 aromatic carbocycles. The maximum Gasteiger partial charge on any atom is 0.326 e. The minimum Gasteiger partial charge on any atom is -0.497 e. The summed E-state index contributed by atoms with van der Waals surface area (Å²) in [7, 11) is 3.16. The largest absolute Gasteiger partial charge is 0.497 e. The molecule has 1 unspecified atom stereocenters. The molecular weight excluding hydrogens is 402 g/mol. The van der Waals surface area contributed by atoms with Gasteiger partial charge in [-0.2, -0.15) is 0 Å². The third-order valence-electron chi connectivity index (χ3n) is 5.78. The molecule has 1 amide bonds. The second kappa shape index (κ2) is 11.1. The van der Waals surface area contributed by atoms with E-state index in [2.05, 4.69) is 24.3 Å². The van der Waals surface area contributed by atoms with Crippen LogP contribution in [0.25, 0.3) is 0 Å². The maximum atomic E-state index is 13.0. The Kier molecular flexibility index (Phi) is 8.03. The van der Waals surface area contributed by atoms with E-state index in [9.17, 15) is 14.7 Å². The number of aliphatic carboxylic acids is 1. The Bertz CT molecular complexity index is 963. The van der Waals surface area contributed by atoms with Gasteiger partial charge in [-0.1, -0.05) is 72.8 Å². The second-order valence-corrected chi connectivity index (χ2v) is 7.82. The predicted molar refractivity (Wildman–Crippen MR) is 125 cm³/mol. The average Bonchev–Trinajstić information content (AvgIpc) is 2.83. The Labute approximate surface area is 189 Å². The highest BCUT2D eigenvalue weighted by Crippen LogP contribution is 2.29. The van der Waals surface area contributed by atoms with Gasteiger partial charge in [-0.25, -0.2) is 4.79 Å². The maximum absolute atomic E-state index is 13.0. The molecule has 0 spiro atoms. The van der Waals surface area contributed by atoms with Gasteiger partial charge in [0, 0.05) is 25.8 Å². The zero-order chi connectivity index (χ0) is 22.9. The molecule has 166 valence electrons. The van der Waals surface area contributed by atoms with Gasteiger partial charge in [-0.15, -0.1) is 0 Å². The highest BCUT2D eigenvalue weighted by molar-refractivity contribution is 5.83. The molecule has 5 nitrogen and oxygen atoms in total. The molecule has 1 atom stereocenters. The minimum atomic E-state index is -1.01. The van der Waals surface area contributed by atoms with Gasteiger partial charge >= 0.3 is 5.97 Å². The SMILES string of the molecule is COc1ccc(CC(C(=O)O)N(C)C(=O)CCC(c2ccccc2)c2ccccc2)cc1. The lowest BCUT2D eigenvalue weighted by Crippen LogP contribution is -2.43. The molecule has 0 aromatic heterocycles. The molecule has 0 saturated heterocycles. The Morgan fingerprint density at radius 1 is 0.875 bits per heavy atom. The summed E-state index contributed by atoms with van der Waals surface area (Å²) in [5.41, 5.74) is 3.12. The van der Waals surface area contributed by atoms with Crippen molar-refractivity contribution in [3.8, 4) is 5.75 Å². The monoisotopic (exact) mass is 431 g/mol.